The van der Waals surface area contributed by atoms with Crippen molar-refractivity contribution in [2.24, 2.45) is 7.05 Å². The van der Waals surface area contributed by atoms with Crippen molar-refractivity contribution in [3.63, 3.8) is 0 Å². The molecule has 1 aromatic carbocycles. The lowest BCUT2D eigenvalue weighted by Gasteiger charge is -2.13. The van der Waals surface area contributed by atoms with Crippen LogP contribution in [0.1, 0.15) is 12.5 Å². The number of rotatable bonds is 5. The van der Waals surface area contributed by atoms with Gasteiger partial charge in [0.15, 0.2) is 11.0 Å². The van der Waals surface area contributed by atoms with E-state index in [1.165, 1.54) is 11.8 Å². The Morgan fingerprint density at radius 1 is 1.27 bits per heavy atom. The van der Waals surface area contributed by atoms with Gasteiger partial charge in [0, 0.05) is 35.7 Å². The number of carbonyl (C=O) groups excluding carboxylic acids is 1. The lowest BCUT2D eigenvalue weighted by Crippen LogP contribution is -2.23. The first-order chi connectivity index (χ1) is 12.5. The Hall–Kier alpha value is -2.38. The summed E-state index contributed by atoms with van der Waals surface area (Å²) in [7, 11) is 1.87. The number of hydrogen-bond acceptors (Lipinski definition) is 5. The van der Waals surface area contributed by atoms with Crippen molar-refractivity contribution in [3.8, 4) is 11.4 Å². The Morgan fingerprint density at radius 2 is 2.08 bits per heavy atom. The summed E-state index contributed by atoms with van der Waals surface area (Å²) in [4.78, 5) is 16.6. The molecule has 0 saturated carbocycles. The van der Waals surface area contributed by atoms with Gasteiger partial charge in [-0.25, -0.2) is 0 Å². The van der Waals surface area contributed by atoms with Gasteiger partial charge in [0.2, 0.25) is 5.91 Å². The van der Waals surface area contributed by atoms with Gasteiger partial charge in [-0.2, -0.15) is 0 Å². The van der Waals surface area contributed by atoms with Crippen LogP contribution in [0.2, 0.25) is 5.02 Å². The van der Waals surface area contributed by atoms with E-state index in [4.69, 9.17) is 11.6 Å². The third kappa shape index (κ3) is 3.89. The lowest BCUT2D eigenvalue weighted by atomic mass is 10.2. The van der Waals surface area contributed by atoms with E-state index < -0.39 is 0 Å². The molecule has 0 radical (unpaired) electrons. The van der Waals surface area contributed by atoms with E-state index in [2.05, 4.69) is 20.5 Å². The zero-order chi connectivity index (χ0) is 18.7. The molecule has 1 N–H and O–H groups in total. The molecule has 0 spiro atoms. The maximum absolute atomic E-state index is 12.5. The van der Waals surface area contributed by atoms with Crippen LogP contribution in [0.5, 0.6) is 0 Å². The number of anilines is 1. The molecule has 134 valence electrons. The van der Waals surface area contributed by atoms with E-state index >= 15 is 0 Å². The van der Waals surface area contributed by atoms with Crippen molar-refractivity contribution in [2.75, 3.05) is 5.32 Å². The highest BCUT2D eigenvalue weighted by molar-refractivity contribution is 8.00. The molecule has 2 aromatic heterocycles. The normalized spacial score (nSPS) is 12.0. The van der Waals surface area contributed by atoms with E-state index in [0.717, 1.165) is 11.1 Å². The van der Waals surface area contributed by atoms with Crippen molar-refractivity contribution in [1.82, 2.24) is 19.7 Å². The van der Waals surface area contributed by atoms with Crippen LogP contribution in [-0.2, 0) is 11.8 Å². The van der Waals surface area contributed by atoms with Crippen LogP contribution in [0.15, 0.2) is 47.9 Å². The Morgan fingerprint density at radius 3 is 2.81 bits per heavy atom. The Balaban J connectivity index is 1.72. The lowest BCUT2D eigenvalue weighted by molar-refractivity contribution is -0.115. The monoisotopic (exact) mass is 387 g/mol. The van der Waals surface area contributed by atoms with Crippen molar-refractivity contribution in [1.29, 1.82) is 0 Å². The number of benzene rings is 1. The largest absolute Gasteiger partial charge is 0.325 e. The van der Waals surface area contributed by atoms with Crippen LogP contribution in [0.25, 0.3) is 11.4 Å². The van der Waals surface area contributed by atoms with Crippen LogP contribution in [0.4, 0.5) is 5.69 Å². The molecule has 0 bridgehead atoms. The van der Waals surface area contributed by atoms with Gasteiger partial charge in [0.1, 0.15) is 0 Å². The predicted molar refractivity (Wildman–Crippen MR) is 104 cm³/mol. The number of amides is 1. The van der Waals surface area contributed by atoms with Crippen molar-refractivity contribution in [3.05, 3.63) is 53.3 Å². The molecule has 0 aliphatic carbocycles. The van der Waals surface area contributed by atoms with E-state index in [1.807, 2.05) is 49.7 Å². The summed E-state index contributed by atoms with van der Waals surface area (Å²) in [6.07, 6.45) is 3.44. The van der Waals surface area contributed by atoms with Crippen molar-refractivity contribution in [2.45, 2.75) is 24.3 Å². The second kappa shape index (κ2) is 7.88. The first-order valence-corrected chi connectivity index (χ1v) is 9.25. The quantitative estimate of drug-likeness (QED) is 0.671. The molecule has 8 heteroatoms. The van der Waals surface area contributed by atoms with Crippen LogP contribution >= 0.6 is 23.4 Å². The molecule has 0 aliphatic rings. The summed E-state index contributed by atoms with van der Waals surface area (Å²) < 4.78 is 1.86. The number of nitrogens with one attached hydrogen (secondary N) is 1. The fourth-order valence-corrected chi connectivity index (χ4v) is 3.34. The van der Waals surface area contributed by atoms with E-state index in [1.54, 1.807) is 18.5 Å². The standard InChI is InChI=1S/C18H18ClN5OS/c1-11-14(19)7-4-8-15(11)21-17(25)12(2)26-18-23-22-16(24(18)3)13-6-5-9-20-10-13/h4-10,12H,1-3H3,(H,21,25). The average Bonchev–Trinajstić information content (AvgIpc) is 3.00. The fourth-order valence-electron chi connectivity index (χ4n) is 2.35. The van der Waals surface area contributed by atoms with Crippen LogP contribution < -0.4 is 5.32 Å². The van der Waals surface area contributed by atoms with Crippen LogP contribution in [0.3, 0.4) is 0 Å². The smallest absolute Gasteiger partial charge is 0.237 e. The van der Waals surface area contributed by atoms with Crippen LogP contribution in [-0.4, -0.2) is 30.9 Å². The molecule has 2 heterocycles. The number of carbonyl (C=O) groups is 1. The number of nitrogens with zero attached hydrogens (tertiary/aromatic N) is 4. The first kappa shape index (κ1) is 18.4. The SMILES string of the molecule is Cc1c(Cl)cccc1NC(=O)C(C)Sc1nnc(-c2cccnc2)n1C. The van der Waals surface area contributed by atoms with E-state index in [-0.39, 0.29) is 11.2 Å². The number of thioether (sulfide) groups is 1. The van der Waals surface area contributed by atoms with Gasteiger partial charge in [-0.15, -0.1) is 10.2 Å². The van der Waals surface area contributed by atoms with Gasteiger partial charge in [-0.3, -0.25) is 9.78 Å². The fraction of sp³-hybridized carbons (Fsp3) is 0.222. The van der Waals surface area contributed by atoms with E-state index in [0.29, 0.717) is 21.7 Å². The first-order valence-electron chi connectivity index (χ1n) is 8.00. The number of hydrogen-bond donors (Lipinski definition) is 1. The molecule has 3 aromatic rings. The summed E-state index contributed by atoms with van der Waals surface area (Å²) in [6, 6.07) is 9.21. The third-order valence-electron chi connectivity index (χ3n) is 3.93. The zero-order valence-corrected chi connectivity index (χ0v) is 16.2. The molecule has 0 aliphatic heterocycles. The number of halogens is 1. The minimum atomic E-state index is -0.349. The van der Waals surface area contributed by atoms with Gasteiger partial charge in [-0.05, 0) is 43.7 Å². The minimum Gasteiger partial charge on any atom is -0.325 e. The zero-order valence-electron chi connectivity index (χ0n) is 14.6. The van der Waals surface area contributed by atoms with E-state index in [9.17, 15) is 4.79 Å². The topological polar surface area (TPSA) is 72.7 Å². The molecule has 1 amide bonds. The Bertz CT molecular complexity index is 929. The highest BCUT2D eigenvalue weighted by Gasteiger charge is 2.20. The molecule has 6 nitrogen and oxygen atoms in total. The molecule has 1 atom stereocenters. The second-order valence-electron chi connectivity index (χ2n) is 5.77. The highest BCUT2D eigenvalue weighted by atomic mass is 35.5. The van der Waals surface area contributed by atoms with Gasteiger partial charge in [0.05, 0.1) is 5.25 Å². The predicted octanol–water partition coefficient (Wildman–Crippen LogP) is 3.96. The Labute approximate surface area is 161 Å². The Kier molecular flexibility index (Phi) is 5.58. The summed E-state index contributed by atoms with van der Waals surface area (Å²) in [5, 5.41) is 12.3. The number of pyridine rings is 1. The van der Waals surface area contributed by atoms with Crippen LogP contribution in [0, 0.1) is 6.92 Å². The van der Waals surface area contributed by atoms with Gasteiger partial charge in [-0.1, -0.05) is 29.4 Å². The maximum Gasteiger partial charge on any atom is 0.237 e. The van der Waals surface area contributed by atoms with Gasteiger partial charge >= 0.3 is 0 Å². The molecule has 26 heavy (non-hydrogen) atoms. The summed E-state index contributed by atoms with van der Waals surface area (Å²) >= 11 is 7.45. The minimum absolute atomic E-state index is 0.119. The maximum atomic E-state index is 12.5. The molecule has 1 unspecified atom stereocenters. The molecular formula is C18H18ClN5OS. The van der Waals surface area contributed by atoms with Crippen molar-refractivity contribution >= 4 is 35.0 Å². The molecule has 0 fully saturated rings. The second-order valence-corrected chi connectivity index (χ2v) is 7.48. The van der Waals surface area contributed by atoms with Gasteiger partial charge in [0.25, 0.3) is 0 Å². The third-order valence-corrected chi connectivity index (χ3v) is 5.48. The molecule has 0 saturated heterocycles. The molecule has 3 rings (SSSR count). The number of aromatic nitrogens is 4. The highest BCUT2D eigenvalue weighted by Crippen LogP contribution is 2.27. The average molecular weight is 388 g/mol. The summed E-state index contributed by atoms with van der Waals surface area (Å²) in [6.45, 7) is 3.71. The van der Waals surface area contributed by atoms with Gasteiger partial charge < -0.3 is 9.88 Å². The molecular weight excluding hydrogens is 370 g/mol. The summed E-state index contributed by atoms with van der Waals surface area (Å²) in [5.41, 5.74) is 2.43. The summed E-state index contributed by atoms with van der Waals surface area (Å²) in [5.74, 6) is 0.588. The van der Waals surface area contributed by atoms with Crippen molar-refractivity contribution < 1.29 is 4.79 Å².